The van der Waals surface area contributed by atoms with Crippen molar-refractivity contribution in [1.29, 1.82) is 0 Å². The van der Waals surface area contributed by atoms with Crippen LogP contribution >= 0.6 is 23.1 Å². The number of aromatic carboxylic acids is 1. The first-order chi connectivity index (χ1) is 14.9. The van der Waals surface area contributed by atoms with Gasteiger partial charge < -0.3 is 19.7 Å². The van der Waals surface area contributed by atoms with Gasteiger partial charge in [-0.3, -0.25) is 4.90 Å². The molecule has 1 aliphatic carbocycles. The van der Waals surface area contributed by atoms with Gasteiger partial charge in [-0.05, 0) is 38.0 Å². The second-order valence-electron chi connectivity index (χ2n) is 8.07. The zero-order valence-corrected chi connectivity index (χ0v) is 19.5. The van der Waals surface area contributed by atoms with Crippen LogP contribution < -0.4 is 0 Å². The largest absolute Gasteiger partial charge is 0.476 e. The van der Waals surface area contributed by atoms with Crippen molar-refractivity contribution in [2.75, 3.05) is 26.0 Å². The number of carboxylic acid groups (broad SMARTS) is 1. The van der Waals surface area contributed by atoms with Crippen molar-refractivity contribution in [3.63, 3.8) is 0 Å². The SMILES string of the molecule is COCCCC1([C@H](O)/C=C/[C@H]2[C@H](C)OC(=O)N2CCSc2nc(C(=O)O)cs2)CCC1. The third-order valence-corrected chi connectivity index (χ3v) is 8.11. The number of thiazole rings is 1. The number of cyclic esters (lactones) is 1. The highest BCUT2D eigenvalue weighted by Gasteiger charge is 2.42. The highest BCUT2D eigenvalue weighted by atomic mass is 32.2. The minimum absolute atomic E-state index is 0.0342. The summed E-state index contributed by atoms with van der Waals surface area (Å²) < 4.78 is 11.2. The number of aromatic nitrogens is 1. The van der Waals surface area contributed by atoms with Gasteiger partial charge in [-0.25, -0.2) is 14.6 Å². The van der Waals surface area contributed by atoms with Crippen molar-refractivity contribution in [1.82, 2.24) is 9.88 Å². The van der Waals surface area contributed by atoms with Gasteiger partial charge in [-0.15, -0.1) is 11.3 Å². The maximum atomic E-state index is 12.3. The second-order valence-corrected chi connectivity index (χ2v) is 10.3. The molecule has 31 heavy (non-hydrogen) atoms. The first-order valence-corrected chi connectivity index (χ1v) is 12.4. The number of aliphatic hydroxyl groups excluding tert-OH is 1. The Kier molecular flexibility index (Phi) is 8.37. The summed E-state index contributed by atoms with van der Waals surface area (Å²) in [5, 5.41) is 21.3. The molecule has 1 aliphatic heterocycles. The molecule has 10 heteroatoms. The summed E-state index contributed by atoms with van der Waals surface area (Å²) in [4.78, 5) is 29.0. The van der Waals surface area contributed by atoms with Crippen LogP contribution in [0.1, 0.15) is 49.5 Å². The number of amides is 1. The Hall–Kier alpha value is -1.62. The summed E-state index contributed by atoms with van der Waals surface area (Å²) in [7, 11) is 1.69. The monoisotopic (exact) mass is 470 g/mol. The maximum Gasteiger partial charge on any atom is 0.410 e. The van der Waals surface area contributed by atoms with E-state index in [9.17, 15) is 14.7 Å². The molecule has 172 valence electrons. The Morgan fingerprint density at radius 1 is 1.55 bits per heavy atom. The molecule has 1 saturated heterocycles. The molecule has 1 aromatic rings. The number of aliphatic hydroxyl groups is 1. The summed E-state index contributed by atoms with van der Waals surface area (Å²) in [6, 6.07) is -0.246. The molecule has 0 spiro atoms. The van der Waals surface area contributed by atoms with Gasteiger partial charge in [0.2, 0.25) is 0 Å². The van der Waals surface area contributed by atoms with Gasteiger partial charge in [0.25, 0.3) is 0 Å². The van der Waals surface area contributed by atoms with Crippen LogP contribution in [0.25, 0.3) is 0 Å². The van der Waals surface area contributed by atoms with Crippen LogP contribution in [-0.4, -0.2) is 76.4 Å². The van der Waals surface area contributed by atoms with Crippen LogP contribution in [-0.2, 0) is 9.47 Å². The fourth-order valence-corrected chi connectivity index (χ4v) is 5.95. The van der Waals surface area contributed by atoms with E-state index >= 15 is 0 Å². The van der Waals surface area contributed by atoms with Crippen molar-refractivity contribution in [2.45, 2.75) is 61.6 Å². The molecular formula is C21H30N2O6S2. The molecule has 2 aliphatic rings. The number of carbonyl (C=O) groups is 2. The predicted octanol–water partition coefficient (Wildman–Crippen LogP) is 3.66. The van der Waals surface area contributed by atoms with Crippen molar-refractivity contribution < 1.29 is 29.3 Å². The van der Waals surface area contributed by atoms with Crippen molar-refractivity contribution in [2.24, 2.45) is 5.41 Å². The number of carbonyl (C=O) groups excluding carboxylic acids is 1. The summed E-state index contributed by atoms with van der Waals surface area (Å²) in [6.45, 7) is 2.99. The number of carboxylic acids is 1. The fraction of sp³-hybridized carbons (Fsp3) is 0.667. The predicted molar refractivity (Wildman–Crippen MR) is 119 cm³/mol. The quantitative estimate of drug-likeness (QED) is 0.271. The summed E-state index contributed by atoms with van der Waals surface area (Å²) in [6.07, 6.45) is 7.48. The fourth-order valence-electron chi connectivity index (χ4n) is 4.14. The van der Waals surface area contributed by atoms with Gasteiger partial charge in [0.15, 0.2) is 10.0 Å². The smallest absolute Gasteiger partial charge is 0.410 e. The molecule has 1 saturated carbocycles. The van der Waals surface area contributed by atoms with Crippen LogP contribution in [0.3, 0.4) is 0 Å². The highest BCUT2D eigenvalue weighted by Crippen LogP contribution is 2.48. The van der Waals surface area contributed by atoms with Gasteiger partial charge in [0, 0.05) is 31.4 Å². The Labute approximate surface area is 190 Å². The molecule has 0 aromatic carbocycles. The summed E-state index contributed by atoms with van der Waals surface area (Å²) >= 11 is 2.69. The number of ether oxygens (including phenoxy) is 2. The summed E-state index contributed by atoms with van der Waals surface area (Å²) in [5.74, 6) is -0.474. The molecule has 0 unspecified atom stereocenters. The van der Waals surface area contributed by atoms with Gasteiger partial charge >= 0.3 is 12.1 Å². The molecule has 1 aromatic heterocycles. The van der Waals surface area contributed by atoms with Gasteiger partial charge in [-0.1, -0.05) is 30.3 Å². The van der Waals surface area contributed by atoms with Crippen molar-refractivity contribution in [3.8, 4) is 0 Å². The lowest BCUT2D eigenvalue weighted by Crippen LogP contribution is -2.41. The Bertz CT molecular complexity index is 795. The van der Waals surface area contributed by atoms with E-state index in [-0.39, 0.29) is 29.3 Å². The molecule has 1 amide bonds. The van der Waals surface area contributed by atoms with Crippen LogP contribution in [0.4, 0.5) is 4.79 Å². The number of methoxy groups -OCH3 is 1. The summed E-state index contributed by atoms with van der Waals surface area (Å²) in [5.41, 5.74) is -0.0540. The van der Waals surface area contributed by atoms with E-state index in [2.05, 4.69) is 4.98 Å². The molecule has 2 fully saturated rings. The Balaban J connectivity index is 1.56. The Morgan fingerprint density at radius 2 is 2.32 bits per heavy atom. The average Bonchev–Trinajstić information content (AvgIpc) is 3.27. The normalized spacial score (nSPS) is 23.7. The van der Waals surface area contributed by atoms with E-state index in [1.54, 1.807) is 12.0 Å². The maximum absolute atomic E-state index is 12.3. The number of thioether (sulfide) groups is 1. The van der Waals surface area contributed by atoms with E-state index in [1.807, 2.05) is 19.1 Å². The van der Waals surface area contributed by atoms with E-state index in [0.29, 0.717) is 23.2 Å². The first kappa shape index (κ1) is 24.0. The molecule has 3 rings (SSSR count). The number of hydrogen-bond acceptors (Lipinski definition) is 8. The topological polar surface area (TPSA) is 109 Å². The second kappa shape index (κ2) is 10.8. The van der Waals surface area contributed by atoms with Gasteiger partial charge in [0.05, 0.1) is 12.1 Å². The molecular weight excluding hydrogens is 440 g/mol. The molecule has 0 bridgehead atoms. The zero-order valence-electron chi connectivity index (χ0n) is 17.9. The van der Waals surface area contributed by atoms with Gasteiger partial charge in [0.1, 0.15) is 6.10 Å². The zero-order chi connectivity index (χ0) is 22.4. The average molecular weight is 471 g/mol. The minimum Gasteiger partial charge on any atom is -0.476 e. The van der Waals surface area contributed by atoms with Gasteiger partial charge in [-0.2, -0.15) is 0 Å². The van der Waals surface area contributed by atoms with E-state index < -0.39 is 12.1 Å². The van der Waals surface area contributed by atoms with Crippen molar-refractivity contribution in [3.05, 3.63) is 23.2 Å². The van der Waals surface area contributed by atoms with E-state index in [0.717, 1.165) is 32.1 Å². The lowest BCUT2D eigenvalue weighted by atomic mass is 9.62. The van der Waals surface area contributed by atoms with Crippen LogP contribution in [0.2, 0.25) is 0 Å². The molecule has 3 atom stereocenters. The van der Waals surface area contributed by atoms with Crippen molar-refractivity contribution >= 4 is 35.2 Å². The third-order valence-electron chi connectivity index (χ3n) is 6.11. The number of rotatable bonds is 12. The molecule has 0 radical (unpaired) electrons. The van der Waals surface area contributed by atoms with E-state index in [1.165, 1.54) is 28.5 Å². The molecule has 2 heterocycles. The standard InChI is InChI=1S/C21H30N2O6S2/c1-14-16(5-6-17(24)21(7-3-8-21)9-4-11-28-2)23(20(27)29-14)10-12-30-19-22-15(13-31-19)18(25)26/h5-6,13-14,16-17,24H,3-4,7-12H2,1-2H3,(H,25,26)/b6-5+/t14-,16-,17+/m0/s1. The van der Waals surface area contributed by atoms with E-state index in [4.69, 9.17) is 14.6 Å². The number of nitrogens with zero attached hydrogens (tertiary/aromatic N) is 2. The molecule has 2 N–H and O–H groups in total. The first-order valence-electron chi connectivity index (χ1n) is 10.5. The van der Waals surface area contributed by atoms with Crippen LogP contribution in [0, 0.1) is 5.41 Å². The molecule has 8 nitrogen and oxygen atoms in total. The lowest BCUT2D eigenvalue weighted by Gasteiger charge is -2.45. The number of hydrogen-bond donors (Lipinski definition) is 2. The van der Waals surface area contributed by atoms with Crippen LogP contribution in [0.15, 0.2) is 21.9 Å². The Morgan fingerprint density at radius 3 is 2.94 bits per heavy atom. The van der Waals surface area contributed by atoms with Crippen LogP contribution in [0.5, 0.6) is 0 Å². The third kappa shape index (κ3) is 5.79. The highest BCUT2D eigenvalue weighted by molar-refractivity contribution is 8.01. The lowest BCUT2D eigenvalue weighted by molar-refractivity contribution is -0.0183. The minimum atomic E-state index is -1.05.